The van der Waals surface area contributed by atoms with E-state index >= 15 is 0 Å². The molecule has 28 heavy (non-hydrogen) atoms. The fraction of sp³-hybridized carbons (Fsp3) is 0.400. The number of ether oxygens (including phenoxy) is 1. The van der Waals surface area contributed by atoms with E-state index in [0.717, 1.165) is 44.3 Å². The molecule has 3 rings (SSSR count). The zero-order valence-electron chi connectivity index (χ0n) is 15.5. The van der Waals surface area contributed by atoms with Crippen LogP contribution in [0.3, 0.4) is 0 Å². The van der Waals surface area contributed by atoms with Crippen LogP contribution in [-0.2, 0) is 6.18 Å². The zero-order valence-corrected chi connectivity index (χ0v) is 15.5. The van der Waals surface area contributed by atoms with Gasteiger partial charge < -0.3 is 15.4 Å². The van der Waals surface area contributed by atoms with E-state index < -0.39 is 11.7 Å². The summed E-state index contributed by atoms with van der Waals surface area (Å²) in [4.78, 5) is 16.0. The van der Waals surface area contributed by atoms with Crippen LogP contribution >= 0.6 is 0 Å². The van der Waals surface area contributed by atoms with Gasteiger partial charge >= 0.3 is 6.18 Å². The van der Waals surface area contributed by atoms with Gasteiger partial charge in [0.05, 0.1) is 5.56 Å². The molecule has 0 spiro atoms. The lowest BCUT2D eigenvalue weighted by molar-refractivity contribution is -0.137. The highest BCUT2D eigenvalue weighted by atomic mass is 19.4. The molecule has 0 bridgehead atoms. The Hall–Kier alpha value is -2.61. The number of nitrogens with one attached hydrogen (secondary N) is 2. The Morgan fingerprint density at radius 3 is 2.43 bits per heavy atom. The van der Waals surface area contributed by atoms with Gasteiger partial charge in [-0.05, 0) is 61.7 Å². The van der Waals surface area contributed by atoms with Crippen LogP contribution < -0.4 is 15.4 Å². The minimum atomic E-state index is -4.44. The Bertz CT molecular complexity index is 799. The maximum Gasteiger partial charge on any atom is 0.417 e. The van der Waals surface area contributed by atoms with Crippen molar-refractivity contribution in [2.24, 2.45) is 5.41 Å². The van der Waals surface area contributed by atoms with Crippen molar-refractivity contribution in [3.63, 3.8) is 0 Å². The molecule has 8 heteroatoms. The molecule has 1 aliphatic rings. The van der Waals surface area contributed by atoms with Crippen molar-refractivity contribution >= 4 is 5.91 Å². The van der Waals surface area contributed by atoms with Crippen LogP contribution in [0.15, 0.2) is 42.6 Å². The highest BCUT2D eigenvalue weighted by Gasteiger charge is 2.30. The Kier molecular flexibility index (Phi) is 5.88. The van der Waals surface area contributed by atoms with Crippen LogP contribution in [0.25, 0.3) is 0 Å². The lowest BCUT2D eigenvalue weighted by Gasteiger charge is -2.34. The maximum absolute atomic E-state index is 12.6. The number of pyridine rings is 1. The van der Waals surface area contributed by atoms with Gasteiger partial charge in [-0.3, -0.25) is 4.79 Å². The molecule has 1 aliphatic heterocycles. The van der Waals surface area contributed by atoms with Gasteiger partial charge in [0.25, 0.3) is 5.91 Å². The summed E-state index contributed by atoms with van der Waals surface area (Å²) in [5.74, 6) is 0.261. The first-order valence-corrected chi connectivity index (χ1v) is 9.05. The molecule has 0 atom stereocenters. The molecule has 1 aromatic carbocycles. The summed E-state index contributed by atoms with van der Waals surface area (Å²) in [7, 11) is 0. The van der Waals surface area contributed by atoms with Crippen LogP contribution in [-0.4, -0.2) is 30.5 Å². The first-order valence-electron chi connectivity index (χ1n) is 9.05. The number of piperidine rings is 1. The first-order chi connectivity index (χ1) is 13.3. The Morgan fingerprint density at radius 2 is 1.86 bits per heavy atom. The van der Waals surface area contributed by atoms with Crippen molar-refractivity contribution in [3.05, 3.63) is 53.7 Å². The monoisotopic (exact) mass is 393 g/mol. The van der Waals surface area contributed by atoms with Crippen molar-refractivity contribution < 1.29 is 22.7 Å². The number of hydrogen-bond donors (Lipinski definition) is 2. The molecule has 0 saturated carbocycles. The molecule has 2 aromatic rings. The Balaban J connectivity index is 1.56. The fourth-order valence-electron chi connectivity index (χ4n) is 3.01. The van der Waals surface area contributed by atoms with Crippen LogP contribution in [0.5, 0.6) is 11.6 Å². The standard InChI is InChI=1S/C20H22F3N3O2/c1-19(8-10-24-11-9-19)13-26-18(27)14-2-5-16(6-3-14)28-17-7-4-15(12-25-17)20(21,22)23/h2-7,12,24H,8-11,13H2,1H3,(H,26,27). The number of alkyl halides is 3. The smallest absolute Gasteiger partial charge is 0.417 e. The minimum absolute atomic E-state index is 0.0454. The Morgan fingerprint density at radius 1 is 1.18 bits per heavy atom. The summed E-state index contributed by atoms with van der Waals surface area (Å²) in [6, 6.07) is 8.45. The molecule has 0 aliphatic carbocycles. The van der Waals surface area contributed by atoms with Crippen molar-refractivity contribution in [1.29, 1.82) is 0 Å². The van der Waals surface area contributed by atoms with Gasteiger partial charge in [0.2, 0.25) is 5.88 Å². The number of amides is 1. The van der Waals surface area contributed by atoms with Crippen molar-refractivity contribution in [2.75, 3.05) is 19.6 Å². The summed E-state index contributed by atoms with van der Waals surface area (Å²) >= 11 is 0. The number of benzene rings is 1. The van der Waals surface area contributed by atoms with E-state index in [-0.39, 0.29) is 17.2 Å². The van der Waals surface area contributed by atoms with E-state index in [1.807, 2.05) is 0 Å². The van der Waals surface area contributed by atoms with Crippen LogP contribution in [0.4, 0.5) is 13.2 Å². The van der Waals surface area contributed by atoms with E-state index in [4.69, 9.17) is 4.74 Å². The second-order valence-corrected chi connectivity index (χ2v) is 7.25. The molecule has 2 heterocycles. The summed E-state index contributed by atoms with van der Waals surface area (Å²) < 4.78 is 43.1. The molecule has 1 saturated heterocycles. The van der Waals surface area contributed by atoms with Crippen molar-refractivity contribution in [2.45, 2.75) is 25.9 Å². The topological polar surface area (TPSA) is 63.2 Å². The number of aromatic nitrogens is 1. The van der Waals surface area contributed by atoms with Crippen molar-refractivity contribution in [3.8, 4) is 11.6 Å². The van der Waals surface area contributed by atoms with Gasteiger partial charge in [0, 0.05) is 24.4 Å². The number of nitrogens with zero attached hydrogens (tertiary/aromatic N) is 1. The average molecular weight is 393 g/mol. The number of rotatable bonds is 5. The quantitative estimate of drug-likeness (QED) is 0.806. The molecule has 1 amide bonds. The molecule has 5 nitrogen and oxygen atoms in total. The predicted molar refractivity (Wildman–Crippen MR) is 98.3 cm³/mol. The number of carbonyl (C=O) groups excluding carboxylic acids is 1. The van der Waals surface area contributed by atoms with Gasteiger partial charge in [-0.1, -0.05) is 6.92 Å². The van der Waals surface area contributed by atoms with Crippen LogP contribution in [0.2, 0.25) is 0 Å². The molecule has 150 valence electrons. The van der Waals surface area contributed by atoms with E-state index in [0.29, 0.717) is 17.9 Å². The molecule has 0 radical (unpaired) electrons. The van der Waals surface area contributed by atoms with Gasteiger partial charge in [0.15, 0.2) is 0 Å². The van der Waals surface area contributed by atoms with E-state index in [2.05, 4.69) is 22.5 Å². The van der Waals surface area contributed by atoms with Gasteiger partial charge in [-0.2, -0.15) is 13.2 Å². The maximum atomic E-state index is 12.6. The van der Waals surface area contributed by atoms with E-state index in [1.165, 1.54) is 0 Å². The summed E-state index contributed by atoms with van der Waals surface area (Å²) in [5, 5.41) is 6.28. The van der Waals surface area contributed by atoms with Crippen LogP contribution in [0, 0.1) is 5.41 Å². The summed E-state index contributed by atoms with van der Waals surface area (Å²) in [6.45, 7) is 4.69. The average Bonchev–Trinajstić information content (AvgIpc) is 2.67. The molecular formula is C20H22F3N3O2. The fourth-order valence-corrected chi connectivity index (χ4v) is 3.01. The van der Waals surface area contributed by atoms with Crippen molar-refractivity contribution in [1.82, 2.24) is 15.6 Å². The second-order valence-electron chi connectivity index (χ2n) is 7.25. The molecule has 0 unspecified atom stereocenters. The zero-order chi connectivity index (χ0) is 20.2. The largest absolute Gasteiger partial charge is 0.439 e. The third kappa shape index (κ3) is 5.22. The predicted octanol–water partition coefficient (Wildman–Crippen LogP) is 4.01. The molecular weight excluding hydrogens is 371 g/mol. The van der Waals surface area contributed by atoms with Crippen LogP contribution in [0.1, 0.15) is 35.7 Å². The Labute approximate surface area is 161 Å². The number of halogens is 3. The minimum Gasteiger partial charge on any atom is -0.439 e. The SMILES string of the molecule is CC1(CNC(=O)c2ccc(Oc3ccc(C(F)(F)F)cn3)cc2)CCNCC1. The molecule has 2 N–H and O–H groups in total. The van der Waals surface area contributed by atoms with Gasteiger partial charge in [0.1, 0.15) is 5.75 Å². The third-order valence-electron chi connectivity index (χ3n) is 4.89. The highest BCUT2D eigenvalue weighted by Crippen LogP contribution is 2.30. The normalized spacial score (nSPS) is 16.4. The summed E-state index contributed by atoms with van der Waals surface area (Å²) in [5.41, 5.74) is -0.252. The summed E-state index contributed by atoms with van der Waals surface area (Å²) in [6.07, 6.45) is -1.69. The van der Waals surface area contributed by atoms with Gasteiger partial charge in [-0.25, -0.2) is 4.98 Å². The third-order valence-corrected chi connectivity index (χ3v) is 4.89. The number of hydrogen-bond acceptors (Lipinski definition) is 4. The second kappa shape index (κ2) is 8.18. The first kappa shape index (κ1) is 20.1. The lowest BCUT2D eigenvalue weighted by Crippen LogP contribution is -2.42. The highest BCUT2D eigenvalue weighted by molar-refractivity contribution is 5.94. The number of carbonyl (C=O) groups is 1. The lowest BCUT2D eigenvalue weighted by atomic mass is 9.81. The van der Waals surface area contributed by atoms with Gasteiger partial charge in [-0.15, -0.1) is 0 Å². The van der Waals surface area contributed by atoms with E-state index in [9.17, 15) is 18.0 Å². The molecule has 1 fully saturated rings. The van der Waals surface area contributed by atoms with E-state index in [1.54, 1.807) is 24.3 Å². The molecule has 1 aromatic heterocycles.